The molecule has 2 heterocycles. The maximum absolute atomic E-state index is 13.7. The van der Waals surface area contributed by atoms with Gasteiger partial charge in [-0.15, -0.1) is 0 Å². The molecule has 8 heteroatoms. The van der Waals surface area contributed by atoms with Crippen molar-refractivity contribution in [3.63, 3.8) is 0 Å². The average molecular weight is 354 g/mol. The highest BCUT2D eigenvalue weighted by molar-refractivity contribution is 5.78. The van der Waals surface area contributed by atoms with Crippen LogP contribution in [0.25, 0.3) is 0 Å². The van der Waals surface area contributed by atoms with Crippen LogP contribution in [-0.2, 0) is 22.4 Å². The predicted octanol–water partition coefficient (Wildman–Crippen LogP) is 2.38. The predicted molar refractivity (Wildman–Crippen MR) is 81.3 cm³/mol. The molecule has 0 aliphatic carbocycles. The highest BCUT2D eigenvalue weighted by Crippen LogP contribution is 2.19. The summed E-state index contributed by atoms with van der Waals surface area (Å²) >= 11 is 0. The van der Waals surface area contributed by atoms with Crippen LogP contribution < -0.4 is 5.32 Å². The maximum atomic E-state index is 13.7. The fourth-order valence-electron chi connectivity index (χ4n) is 2.64. The second-order valence-corrected chi connectivity index (χ2v) is 6.01. The lowest BCUT2D eigenvalue weighted by Gasteiger charge is -2.08. The summed E-state index contributed by atoms with van der Waals surface area (Å²) in [6.07, 6.45) is 0.864. The molecule has 1 aromatic heterocycles. The first-order valence-corrected chi connectivity index (χ1v) is 7.94. The number of aromatic nitrogens is 1. The van der Waals surface area contributed by atoms with Gasteiger partial charge in [-0.25, -0.2) is 13.2 Å². The summed E-state index contributed by atoms with van der Waals surface area (Å²) in [7, 11) is 0. The Morgan fingerprint density at radius 1 is 1.28 bits per heavy atom. The van der Waals surface area contributed by atoms with Crippen molar-refractivity contribution in [3.8, 4) is 0 Å². The van der Waals surface area contributed by atoms with Crippen molar-refractivity contribution in [2.75, 3.05) is 19.8 Å². The van der Waals surface area contributed by atoms with Gasteiger partial charge in [-0.2, -0.15) is 0 Å². The number of ether oxygens (including phenoxy) is 1. The molecule has 1 aliphatic heterocycles. The van der Waals surface area contributed by atoms with Gasteiger partial charge in [0.2, 0.25) is 5.91 Å². The molecule has 1 saturated heterocycles. The van der Waals surface area contributed by atoms with E-state index in [0.29, 0.717) is 31.4 Å². The van der Waals surface area contributed by atoms with Crippen molar-refractivity contribution in [3.05, 3.63) is 52.7 Å². The lowest BCUT2D eigenvalue weighted by atomic mass is 10.1. The van der Waals surface area contributed by atoms with Gasteiger partial charge in [0.1, 0.15) is 5.76 Å². The molecule has 1 amide bonds. The topological polar surface area (TPSA) is 64.4 Å². The van der Waals surface area contributed by atoms with Crippen LogP contribution in [0, 0.1) is 23.4 Å². The fraction of sp³-hybridized carbons (Fsp3) is 0.412. The molecule has 3 rings (SSSR count). The molecule has 1 aliphatic rings. The van der Waals surface area contributed by atoms with Crippen molar-refractivity contribution >= 4 is 5.91 Å². The number of benzene rings is 1. The molecule has 1 atom stereocenters. The van der Waals surface area contributed by atoms with E-state index in [4.69, 9.17) is 9.26 Å². The molecular weight excluding hydrogens is 337 g/mol. The molecule has 0 bridgehead atoms. The van der Waals surface area contributed by atoms with E-state index in [0.717, 1.165) is 18.6 Å². The van der Waals surface area contributed by atoms with Crippen LogP contribution in [0.2, 0.25) is 0 Å². The number of nitrogens with zero attached hydrogens (tertiary/aromatic N) is 1. The number of hydrogen-bond acceptors (Lipinski definition) is 4. The minimum absolute atomic E-state index is 0.0251. The zero-order valence-electron chi connectivity index (χ0n) is 13.4. The Morgan fingerprint density at radius 2 is 2.12 bits per heavy atom. The second-order valence-electron chi connectivity index (χ2n) is 6.01. The summed E-state index contributed by atoms with van der Waals surface area (Å²) in [6, 6.07) is 3.50. The number of carbonyl (C=O) groups is 1. The Labute approximate surface area is 142 Å². The Morgan fingerprint density at radius 3 is 2.88 bits per heavy atom. The molecule has 0 spiro atoms. The summed E-state index contributed by atoms with van der Waals surface area (Å²) in [5, 5.41) is 6.55. The molecule has 1 fully saturated rings. The first-order chi connectivity index (χ1) is 12.0. The molecule has 2 aromatic rings. The third-order valence-corrected chi connectivity index (χ3v) is 4.04. The quantitative estimate of drug-likeness (QED) is 0.809. The molecule has 1 unspecified atom stereocenters. The molecule has 0 radical (unpaired) electrons. The molecule has 25 heavy (non-hydrogen) atoms. The van der Waals surface area contributed by atoms with Crippen molar-refractivity contribution in [2.24, 2.45) is 5.92 Å². The average Bonchev–Trinajstić information content (AvgIpc) is 3.25. The van der Waals surface area contributed by atoms with Crippen molar-refractivity contribution < 1.29 is 27.2 Å². The van der Waals surface area contributed by atoms with Crippen LogP contribution in [0.3, 0.4) is 0 Å². The van der Waals surface area contributed by atoms with Crippen molar-refractivity contribution in [2.45, 2.75) is 19.3 Å². The number of rotatable bonds is 6. The fourth-order valence-corrected chi connectivity index (χ4v) is 2.64. The number of nitrogens with one attached hydrogen (secondary N) is 1. The van der Waals surface area contributed by atoms with Gasteiger partial charge >= 0.3 is 0 Å². The van der Waals surface area contributed by atoms with E-state index < -0.39 is 17.5 Å². The van der Waals surface area contributed by atoms with E-state index in [1.54, 1.807) is 0 Å². The van der Waals surface area contributed by atoms with E-state index in [-0.39, 0.29) is 30.1 Å². The van der Waals surface area contributed by atoms with Crippen molar-refractivity contribution in [1.29, 1.82) is 0 Å². The minimum Gasteiger partial charge on any atom is -0.381 e. The van der Waals surface area contributed by atoms with E-state index in [2.05, 4.69) is 10.5 Å². The normalized spacial score (nSPS) is 17.0. The van der Waals surface area contributed by atoms with E-state index >= 15 is 0 Å². The van der Waals surface area contributed by atoms with Crippen LogP contribution in [0.4, 0.5) is 13.2 Å². The van der Waals surface area contributed by atoms with Crippen LogP contribution in [0.5, 0.6) is 0 Å². The summed E-state index contributed by atoms with van der Waals surface area (Å²) < 4.78 is 50.1. The number of hydrogen-bond donors (Lipinski definition) is 1. The number of amides is 1. The smallest absolute Gasteiger partial charge is 0.226 e. The molecule has 1 aromatic carbocycles. The molecule has 1 N–H and O–H groups in total. The zero-order chi connectivity index (χ0) is 17.8. The highest BCUT2D eigenvalue weighted by atomic mass is 19.2. The van der Waals surface area contributed by atoms with Crippen molar-refractivity contribution in [1.82, 2.24) is 10.5 Å². The summed E-state index contributed by atoms with van der Waals surface area (Å²) in [5.41, 5.74) is 0.338. The van der Waals surface area contributed by atoms with Crippen LogP contribution >= 0.6 is 0 Å². The lowest BCUT2D eigenvalue weighted by molar-refractivity contribution is -0.120. The first-order valence-electron chi connectivity index (χ1n) is 7.94. The summed E-state index contributed by atoms with van der Waals surface area (Å²) in [5.74, 6) is -3.64. The standard InChI is InChI=1S/C17H17F3N2O3/c18-14-2-1-11(16(19)17(14)20)5-13-6-12(22-25-13)7-15(23)21-8-10-3-4-24-9-10/h1-2,6,10H,3-5,7-9H2,(H,21,23). The second kappa shape index (κ2) is 7.69. The SMILES string of the molecule is O=C(Cc1cc(Cc2ccc(F)c(F)c2F)on1)NCC1CCOC1. The number of halogens is 3. The Balaban J connectivity index is 1.55. The molecular formula is C17H17F3N2O3. The van der Waals surface area contributed by atoms with Gasteiger partial charge in [0.25, 0.3) is 0 Å². The molecule has 5 nitrogen and oxygen atoms in total. The Hall–Kier alpha value is -2.35. The maximum Gasteiger partial charge on any atom is 0.226 e. The van der Waals surface area contributed by atoms with Gasteiger partial charge in [-0.3, -0.25) is 4.79 Å². The lowest BCUT2D eigenvalue weighted by Crippen LogP contribution is -2.30. The van der Waals surface area contributed by atoms with Crippen LogP contribution in [0.1, 0.15) is 23.4 Å². The van der Waals surface area contributed by atoms with E-state index in [1.807, 2.05) is 0 Å². The van der Waals surface area contributed by atoms with Gasteiger partial charge in [0.15, 0.2) is 17.5 Å². The van der Waals surface area contributed by atoms with Gasteiger partial charge in [0, 0.05) is 31.6 Å². The molecule has 134 valence electrons. The van der Waals surface area contributed by atoms with Crippen LogP contribution in [-0.4, -0.2) is 30.8 Å². The summed E-state index contributed by atoms with van der Waals surface area (Å²) in [4.78, 5) is 11.9. The van der Waals surface area contributed by atoms with Gasteiger partial charge in [-0.05, 0) is 18.1 Å². The largest absolute Gasteiger partial charge is 0.381 e. The monoisotopic (exact) mass is 354 g/mol. The Kier molecular flexibility index (Phi) is 5.37. The van der Waals surface area contributed by atoms with Gasteiger partial charge < -0.3 is 14.6 Å². The Bertz CT molecular complexity index is 758. The highest BCUT2D eigenvalue weighted by Gasteiger charge is 2.18. The van der Waals surface area contributed by atoms with E-state index in [9.17, 15) is 18.0 Å². The molecule has 0 saturated carbocycles. The third-order valence-electron chi connectivity index (χ3n) is 4.04. The zero-order valence-corrected chi connectivity index (χ0v) is 13.4. The third kappa shape index (κ3) is 4.39. The van der Waals surface area contributed by atoms with E-state index in [1.165, 1.54) is 6.07 Å². The van der Waals surface area contributed by atoms with Gasteiger partial charge in [0.05, 0.1) is 18.7 Å². The minimum atomic E-state index is -1.52. The summed E-state index contributed by atoms with van der Waals surface area (Å²) in [6.45, 7) is 1.91. The number of carbonyl (C=O) groups excluding carboxylic acids is 1. The first kappa shape index (κ1) is 17.5. The van der Waals surface area contributed by atoms with Crippen LogP contribution in [0.15, 0.2) is 22.7 Å². The van der Waals surface area contributed by atoms with Gasteiger partial charge in [-0.1, -0.05) is 11.2 Å².